The average molecular weight is 326 g/mol. The van der Waals surface area contributed by atoms with E-state index in [1.165, 1.54) is 7.11 Å². The highest BCUT2D eigenvalue weighted by molar-refractivity contribution is 5.83. The van der Waals surface area contributed by atoms with Crippen LogP contribution in [-0.4, -0.2) is 86.9 Å². The van der Waals surface area contributed by atoms with Crippen molar-refractivity contribution in [1.82, 2.24) is 9.80 Å². The smallest absolute Gasteiger partial charge is 0.335 e. The Morgan fingerprint density at radius 2 is 1.83 bits per heavy atom. The van der Waals surface area contributed by atoms with Crippen LogP contribution in [0.1, 0.15) is 19.3 Å². The highest BCUT2D eigenvalue weighted by Crippen LogP contribution is 2.25. The molecule has 0 bridgehead atoms. The van der Waals surface area contributed by atoms with Crippen LogP contribution in [0, 0.1) is 5.92 Å². The number of morpholine rings is 1. The standard InChI is InChI=1S/C16H26N2O5/c1-21-16(20)14-3-2-13(23-14)15(19)18-5-4-12(11-18)10-17-6-8-22-9-7-17/h12-14H,2-11H2,1H3/t12?,13-,14+/m0/s1. The van der Waals surface area contributed by atoms with Crippen molar-refractivity contribution in [2.24, 2.45) is 5.92 Å². The van der Waals surface area contributed by atoms with Crippen LogP contribution in [0.25, 0.3) is 0 Å². The molecule has 7 nitrogen and oxygen atoms in total. The summed E-state index contributed by atoms with van der Waals surface area (Å²) in [6, 6.07) is 0. The quantitative estimate of drug-likeness (QED) is 0.672. The minimum atomic E-state index is -0.583. The fourth-order valence-electron chi connectivity index (χ4n) is 3.66. The number of nitrogens with zero attached hydrogens (tertiary/aromatic N) is 2. The van der Waals surface area contributed by atoms with Crippen LogP contribution in [0.2, 0.25) is 0 Å². The number of rotatable bonds is 4. The van der Waals surface area contributed by atoms with Crippen LogP contribution in [0.3, 0.4) is 0 Å². The summed E-state index contributed by atoms with van der Waals surface area (Å²) in [6.07, 6.45) is 1.13. The van der Waals surface area contributed by atoms with Gasteiger partial charge in [0.2, 0.25) is 0 Å². The maximum Gasteiger partial charge on any atom is 0.335 e. The third kappa shape index (κ3) is 4.02. The largest absolute Gasteiger partial charge is 0.467 e. The van der Waals surface area contributed by atoms with Crippen molar-refractivity contribution in [3.05, 3.63) is 0 Å². The van der Waals surface area contributed by atoms with E-state index in [1.54, 1.807) is 0 Å². The zero-order valence-electron chi connectivity index (χ0n) is 13.7. The van der Waals surface area contributed by atoms with Crippen molar-refractivity contribution in [1.29, 1.82) is 0 Å². The number of carbonyl (C=O) groups excluding carboxylic acids is 2. The summed E-state index contributed by atoms with van der Waals surface area (Å²) in [6.45, 7) is 6.19. The Morgan fingerprint density at radius 1 is 1.09 bits per heavy atom. The summed E-state index contributed by atoms with van der Waals surface area (Å²) < 4.78 is 15.6. The molecule has 0 radical (unpaired) electrons. The normalized spacial score (nSPS) is 32.2. The fourth-order valence-corrected chi connectivity index (χ4v) is 3.66. The monoisotopic (exact) mass is 326 g/mol. The minimum absolute atomic E-state index is 0.0286. The lowest BCUT2D eigenvalue weighted by atomic mass is 10.1. The predicted octanol–water partition coefficient (Wildman–Crippen LogP) is -0.112. The van der Waals surface area contributed by atoms with Crippen LogP contribution in [-0.2, 0) is 23.8 Å². The van der Waals surface area contributed by atoms with Gasteiger partial charge < -0.3 is 19.1 Å². The van der Waals surface area contributed by atoms with E-state index >= 15 is 0 Å². The van der Waals surface area contributed by atoms with Crippen molar-refractivity contribution in [3.63, 3.8) is 0 Å². The molecule has 3 saturated heterocycles. The molecule has 3 heterocycles. The first kappa shape index (κ1) is 16.7. The first-order valence-electron chi connectivity index (χ1n) is 8.49. The topological polar surface area (TPSA) is 68.3 Å². The highest BCUT2D eigenvalue weighted by atomic mass is 16.6. The number of likely N-dealkylation sites (tertiary alicyclic amines) is 1. The van der Waals surface area contributed by atoms with E-state index in [0.29, 0.717) is 18.8 Å². The first-order chi connectivity index (χ1) is 11.2. The highest BCUT2D eigenvalue weighted by Gasteiger charge is 2.39. The Labute approximate surface area is 136 Å². The molecule has 0 aromatic rings. The Morgan fingerprint density at radius 3 is 2.57 bits per heavy atom. The summed E-state index contributed by atoms with van der Waals surface area (Å²) in [5.41, 5.74) is 0. The Kier molecular flexibility index (Phi) is 5.50. The molecule has 0 saturated carbocycles. The Hall–Kier alpha value is -1.18. The van der Waals surface area contributed by atoms with Gasteiger partial charge in [0.15, 0.2) is 6.10 Å². The van der Waals surface area contributed by atoms with Gasteiger partial charge in [0, 0.05) is 32.7 Å². The minimum Gasteiger partial charge on any atom is -0.467 e. The lowest BCUT2D eigenvalue weighted by Crippen LogP contribution is -2.41. The van der Waals surface area contributed by atoms with Crippen molar-refractivity contribution in [2.75, 3.05) is 53.0 Å². The lowest BCUT2D eigenvalue weighted by Gasteiger charge is -2.29. The van der Waals surface area contributed by atoms with E-state index < -0.39 is 12.2 Å². The van der Waals surface area contributed by atoms with Crippen LogP contribution < -0.4 is 0 Å². The third-order valence-corrected chi connectivity index (χ3v) is 4.98. The second-order valence-corrected chi connectivity index (χ2v) is 6.57. The van der Waals surface area contributed by atoms with Crippen LogP contribution in [0.15, 0.2) is 0 Å². The number of esters is 1. The van der Waals surface area contributed by atoms with Gasteiger partial charge >= 0.3 is 5.97 Å². The molecule has 1 amide bonds. The number of ether oxygens (including phenoxy) is 3. The van der Waals surface area contributed by atoms with Crippen molar-refractivity contribution >= 4 is 11.9 Å². The third-order valence-electron chi connectivity index (χ3n) is 4.98. The molecule has 0 aliphatic carbocycles. The predicted molar refractivity (Wildman–Crippen MR) is 81.9 cm³/mol. The van der Waals surface area contributed by atoms with Gasteiger partial charge in [0.05, 0.1) is 20.3 Å². The van der Waals surface area contributed by atoms with E-state index in [1.807, 2.05) is 4.90 Å². The molecule has 3 aliphatic rings. The summed E-state index contributed by atoms with van der Waals surface area (Å²) in [7, 11) is 1.34. The molecule has 130 valence electrons. The van der Waals surface area contributed by atoms with Crippen molar-refractivity contribution < 1.29 is 23.8 Å². The van der Waals surface area contributed by atoms with Gasteiger partial charge in [-0.1, -0.05) is 0 Å². The molecule has 3 rings (SSSR count). The number of methoxy groups -OCH3 is 1. The molecule has 1 unspecified atom stereocenters. The van der Waals surface area contributed by atoms with Gasteiger partial charge in [-0.05, 0) is 25.2 Å². The van der Waals surface area contributed by atoms with E-state index in [0.717, 1.165) is 52.4 Å². The first-order valence-corrected chi connectivity index (χ1v) is 8.49. The average Bonchev–Trinajstić information content (AvgIpc) is 3.24. The Balaban J connectivity index is 1.45. The molecule has 7 heteroatoms. The second-order valence-electron chi connectivity index (χ2n) is 6.57. The number of hydrogen-bond acceptors (Lipinski definition) is 6. The second kappa shape index (κ2) is 7.59. The molecular weight excluding hydrogens is 300 g/mol. The van der Waals surface area contributed by atoms with E-state index in [9.17, 15) is 9.59 Å². The van der Waals surface area contributed by atoms with Crippen molar-refractivity contribution in [3.8, 4) is 0 Å². The fraction of sp³-hybridized carbons (Fsp3) is 0.875. The molecule has 0 aromatic heterocycles. The summed E-state index contributed by atoms with van der Waals surface area (Å²) in [5, 5.41) is 0. The number of carbonyl (C=O) groups is 2. The molecule has 3 fully saturated rings. The SMILES string of the molecule is COC(=O)[C@H]1CC[C@@H](C(=O)N2CCC(CN3CCOCC3)C2)O1. The molecule has 0 N–H and O–H groups in total. The van der Waals surface area contributed by atoms with E-state index in [2.05, 4.69) is 9.64 Å². The van der Waals surface area contributed by atoms with Crippen LogP contribution in [0.5, 0.6) is 0 Å². The molecular formula is C16H26N2O5. The van der Waals surface area contributed by atoms with Gasteiger partial charge in [-0.25, -0.2) is 4.79 Å². The number of amides is 1. The molecule has 0 aromatic carbocycles. The zero-order chi connectivity index (χ0) is 16.2. The summed E-state index contributed by atoms with van der Waals surface area (Å²) in [5.74, 6) is 0.169. The molecule has 23 heavy (non-hydrogen) atoms. The van der Waals surface area contributed by atoms with Gasteiger partial charge in [0.25, 0.3) is 5.91 Å². The van der Waals surface area contributed by atoms with E-state index in [-0.39, 0.29) is 11.9 Å². The van der Waals surface area contributed by atoms with E-state index in [4.69, 9.17) is 9.47 Å². The number of hydrogen-bond donors (Lipinski definition) is 0. The molecule has 3 aliphatic heterocycles. The maximum absolute atomic E-state index is 12.6. The van der Waals surface area contributed by atoms with Crippen molar-refractivity contribution in [2.45, 2.75) is 31.5 Å². The van der Waals surface area contributed by atoms with Gasteiger partial charge in [-0.3, -0.25) is 9.69 Å². The maximum atomic E-state index is 12.6. The lowest BCUT2D eigenvalue weighted by molar-refractivity contribution is -0.157. The van der Waals surface area contributed by atoms with Gasteiger partial charge in [0.1, 0.15) is 6.10 Å². The molecule has 0 spiro atoms. The van der Waals surface area contributed by atoms with Crippen LogP contribution in [0.4, 0.5) is 0 Å². The van der Waals surface area contributed by atoms with Gasteiger partial charge in [-0.2, -0.15) is 0 Å². The molecule has 3 atom stereocenters. The Bertz CT molecular complexity index is 438. The summed E-state index contributed by atoms with van der Waals surface area (Å²) in [4.78, 5) is 28.4. The zero-order valence-corrected chi connectivity index (χ0v) is 13.7. The summed E-state index contributed by atoms with van der Waals surface area (Å²) >= 11 is 0. The van der Waals surface area contributed by atoms with Gasteiger partial charge in [-0.15, -0.1) is 0 Å². The van der Waals surface area contributed by atoms with Crippen LogP contribution >= 0.6 is 0 Å².